The second kappa shape index (κ2) is 21.8. The van der Waals surface area contributed by atoms with E-state index in [1.807, 2.05) is 0 Å². The first kappa shape index (κ1) is 24.7. The summed E-state index contributed by atoms with van der Waals surface area (Å²) in [5.41, 5.74) is 0. The smallest absolute Gasteiger partial charge is 0.0353 e. The molecule has 0 aliphatic carbocycles. The van der Waals surface area contributed by atoms with Crippen LogP contribution in [0.5, 0.6) is 0 Å². The van der Waals surface area contributed by atoms with Gasteiger partial charge in [0.15, 0.2) is 0 Å². The van der Waals surface area contributed by atoms with Gasteiger partial charge in [-0.25, -0.2) is 0 Å². The van der Waals surface area contributed by atoms with E-state index in [-0.39, 0.29) is 0 Å². The summed E-state index contributed by atoms with van der Waals surface area (Å²) in [6.45, 7) is 8.45. The van der Waals surface area contributed by atoms with Crippen molar-refractivity contribution in [3.05, 3.63) is 12.7 Å². The molecule has 0 aromatic rings. The zero-order valence-electron chi connectivity index (χ0n) is 18.0. The molecule has 0 rings (SSSR count). The van der Waals surface area contributed by atoms with E-state index in [0.29, 0.717) is 0 Å². The van der Waals surface area contributed by atoms with Crippen LogP contribution in [-0.2, 0) is 0 Å². The summed E-state index contributed by atoms with van der Waals surface area (Å²) in [5.74, 6) is 1.02. The molecule has 150 valence electrons. The number of unbranched alkanes of at least 4 members (excludes halogenated alkanes) is 14. The Morgan fingerprint density at radius 2 is 0.880 bits per heavy atom. The van der Waals surface area contributed by atoms with Gasteiger partial charge in [0.25, 0.3) is 0 Å². The van der Waals surface area contributed by atoms with Gasteiger partial charge in [0.05, 0.1) is 0 Å². The molecule has 0 unspecified atom stereocenters. The molecule has 0 bridgehead atoms. The van der Waals surface area contributed by atoms with Crippen molar-refractivity contribution in [2.24, 2.45) is 5.92 Å². The lowest BCUT2D eigenvalue weighted by Gasteiger charge is -2.17. The van der Waals surface area contributed by atoms with Crippen molar-refractivity contribution in [1.29, 1.82) is 0 Å². The Hall–Kier alpha value is -0.260. The maximum absolute atomic E-state index is 3.83. The average molecular weight is 351 g/mol. The molecule has 0 atom stereocenters. The predicted octanol–water partition coefficient (Wildman–Crippen LogP) is 9.63. The summed E-state index contributed by atoms with van der Waals surface area (Å²) in [6, 6.07) is 0. The summed E-state index contributed by atoms with van der Waals surface area (Å²) in [6.07, 6.45) is 30.9. The minimum Gasteiger partial charge on any atom is -0.103 e. The summed E-state index contributed by atoms with van der Waals surface area (Å²) in [5, 5.41) is 0. The standard InChI is InChI=1S/C25H50/c1-4-7-10-13-16-19-22-25(23-20-17-14-11-8-5-2)24-21-18-15-12-9-6-3/h4,25H,1,5-24H2,2-3H3. The van der Waals surface area contributed by atoms with Crippen LogP contribution in [0.1, 0.15) is 142 Å². The number of rotatable bonds is 21. The molecule has 0 aliphatic heterocycles. The summed E-state index contributed by atoms with van der Waals surface area (Å²) < 4.78 is 0. The van der Waals surface area contributed by atoms with E-state index in [1.54, 1.807) is 0 Å². The van der Waals surface area contributed by atoms with Gasteiger partial charge in [-0.15, -0.1) is 6.58 Å². The number of hydrogen-bond donors (Lipinski definition) is 0. The minimum absolute atomic E-state index is 1.02. The lowest BCUT2D eigenvalue weighted by atomic mass is 9.89. The topological polar surface area (TPSA) is 0 Å². The largest absolute Gasteiger partial charge is 0.103 e. The van der Waals surface area contributed by atoms with Gasteiger partial charge in [0, 0.05) is 0 Å². The second-order valence-corrected chi connectivity index (χ2v) is 8.26. The van der Waals surface area contributed by atoms with Crippen LogP contribution in [0.4, 0.5) is 0 Å². The quantitative estimate of drug-likeness (QED) is 0.143. The molecule has 0 saturated carbocycles. The molecule has 0 spiro atoms. The zero-order valence-corrected chi connectivity index (χ0v) is 18.0. The van der Waals surface area contributed by atoms with Gasteiger partial charge in [0.1, 0.15) is 0 Å². The van der Waals surface area contributed by atoms with E-state index in [2.05, 4.69) is 26.5 Å². The van der Waals surface area contributed by atoms with E-state index in [4.69, 9.17) is 0 Å². The third-order valence-electron chi connectivity index (χ3n) is 5.70. The molecule has 0 aromatic carbocycles. The molecule has 0 aromatic heterocycles. The number of hydrogen-bond acceptors (Lipinski definition) is 0. The van der Waals surface area contributed by atoms with Crippen molar-refractivity contribution in [1.82, 2.24) is 0 Å². The van der Waals surface area contributed by atoms with Crippen molar-refractivity contribution >= 4 is 0 Å². The Bertz CT molecular complexity index is 226. The van der Waals surface area contributed by atoms with Gasteiger partial charge in [0.2, 0.25) is 0 Å². The Balaban J connectivity index is 3.78. The van der Waals surface area contributed by atoms with Gasteiger partial charge in [-0.3, -0.25) is 0 Å². The van der Waals surface area contributed by atoms with Crippen LogP contribution >= 0.6 is 0 Å². The minimum atomic E-state index is 1.02. The molecule has 0 saturated heterocycles. The van der Waals surface area contributed by atoms with Crippen LogP contribution in [0, 0.1) is 5.92 Å². The van der Waals surface area contributed by atoms with Crippen LogP contribution in [0.3, 0.4) is 0 Å². The van der Waals surface area contributed by atoms with Crippen molar-refractivity contribution < 1.29 is 0 Å². The van der Waals surface area contributed by atoms with Gasteiger partial charge in [-0.1, -0.05) is 135 Å². The average Bonchev–Trinajstić information content (AvgIpc) is 2.63. The molecule has 0 nitrogen and oxygen atoms in total. The normalized spacial score (nSPS) is 11.3. The SMILES string of the molecule is C=CCCCCCCC(CCCCCCCC)CCCCCCCC. The molecule has 0 heteroatoms. The Morgan fingerprint density at radius 1 is 0.520 bits per heavy atom. The fourth-order valence-corrected chi connectivity index (χ4v) is 3.93. The molecule has 0 radical (unpaired) electrons. The van der Waals surface area contributed by atoms with Crippen LogP contribution < -0.4 is 0 Å². The Kier molecular flexibility index (Phi) is 21.6. The van der Waals surface area contributed by atoms with Gasteiger partial charge < -0.3 is 0 Å². The lowest BCUT2D eigenvalue weighted by molar-refractivity contribution is 0.366. The first-order chi connectivity index (χ1) is 12.3. The fraction of sp³-hybridized carbons (Fsp3) is 0.920. The summed E-state index contributed by atoms with van der Waals surface area (Å²) >= 11 is 0. The van der Waals surface area contributed by atoms with E-state index in [0.717, 1.165) is 5.92 Å². The molecular weight excluding hydrogens is 300 g/mol. The van der Waals surface area contributed by atoms with E-state index in [1.165, 1.54) is 128 Å². The predicted molar refractivity (Wildman–Crippen MR) is 117 cm³/mol. The third kappa shape index (κ3) is 19.9. The van der Waals surface area contributed by atoms with E-state index < -0.39 is 0 Å². The first-order valence-corrected chi connectivity index (χ1v) is 12.0. The fourth-order valence-electron chi connectivity index (χ4n) is 3.93. The Morgan fingerprint density at radius 3 is 1.28 bits per heavy atom. The van der Waals surface area contributed by atoms with Crippen LogP contribution in [0.15, 0.2) is 12.7 Å². The summed E-state index contributed by atoms with van der Waals surface area (Å²) in [7, 11) is 0. The second-order valence-electron chi connectivity index (χ2n) is 8.26. The molecule has 0 fully saturated rings. The highest BCUT2D eigenvalue weighted by Crippen LogP contribution is 2.24. The molecule has 0 aliphatic rings. The van der Waals surface area contributed by atoms with Gasteiger partial charge in [-0.05, 0) is 18.8 Å². The van der Waals surface area contributed by atoms with Gasteiger partial charge in [-0.2, -0.15) is 0 Å². The van der Waals surface area contributed by atoms with E-state index in [9.17, 15) is 0 Å². The maximum Gasteiger partial charge on any atom is -0.0353 e. The van der Waals surface area contributed by atoms with Crippen molar-refractivity contribution in [2.45, 2.75) is 142 Å². The third-order valence-corrected chi connectivity index (χ3v) is 5.70. The number of allylic oxidation sites excluding steroid dienone is 1. The van der Waals surface area contributed by atoms with Crippen LogP contribution in [0.25, 0.3) is 0 Å². The Labute approximate surface area is 161 Å². The molecule has 25 heavy (non-hydrogen) atoms. The first-order valence-electron chi connectivity index (χ1n) is 12.0. The molecule has 0 heterocycles. The monoisotopic (exact) mass is 350 g/mol. The van der Waals surface area contributed by atoms with E-state index >= 15 is 0 Å². The highest BCUT2D eigenvalue weighted by molar-refractivity contribution is 4.66. The summed E-state index contributed by atoms with van der Waals surface area (Å²) in [4.78, 5) is 0. The molecular formula is C25H50. The van der Waals surface area contributed by atoms with Crippen LogP contribution in [-0.4, -0.2) is 0 Å². The molecule has 0 amide bonds. The van der Waals surface area contributed by atoms with Crippen LogP contribution in [0.2, 0.25) is 0 Å². The highest BCUT2D eigenvalue weighted by Gasteiger charge is 2.08. The zero-order chi connectivity index (χ0) is 18.4. The molecule has 0 N–H and O–H groups in total. The lowest BCUT2D eigenvalue weighted by Crippen LogP contribution is -2.01. The van der Waals surface area contributed by atoms with Crippen molar-refractivity contribution in [3.8, 4) is 0 Å². The maximum atomic E-state index is 3.83. The van der Waals surface area contributed by atoms with Gasteiger partial charge >= 0.3 is 0 Å². The van der Waals surface area contributed by atoms with Crippen molar-refractivity contribution in [3.63, 3.8) is 0 Å². The highest BCUT2D eigenvalue weighted by atomic mass is 14.1. The van der Waals surface area contributed by atoms with Crippen molar-refractivity contribution in [2.75, 3.05) is 0 Å².